The van der Waals surface area contributed by atoms with Crippen molar-refractivity contribution < 1.29 is 0 Å². The van der Waals surface area contributed by atoms with Gasteiger partial charge in [0.2, 0.25) is 0 Å². The summed E-state index contributed by atoms with van der Waals surface area (Å²) >= 11 is 1.55. The Balaban J connectivity index is 1.71. The van der Waals surface area contributed by atoms with Crippen LogP contribution in [0, 0.1) is 11.3 Å². The number of nitrogens with one attached hydrogen (secondary N) is 1. The SMILES string of the molecule is CCCCn1c(SCc2ccc(-c3ccccc3C#N)cc2)n[nH]c1=O. The molecule has 3 aromatic rings. The average Bonchev–Trinajstić information content (AvgIpc) is 3.04. The highest BCUT2D eigenvalue weighted by atomic mass is 32.2. The number of nitriles is 1. The van der Waals surface area contributed by atoms with E-state index in [1.54, 1.807) is 16.3 Å². The molecule has 0 spiro atoms. The third-order valence-corrected chi connectivity index (χ3v) is 5.19. The van der Waals surface area contributed by atoms with Crippen molar-refractivity contribution in [2.45, 2.75) is 37.2 Å². The first-order valence-corrected chi connectivity index (χ1v) is 9.58. The highest BCUT2D eigenvalue weighted by molar-refractivity contribution is 7.98. The van der Waals surface area contributed by atoms with Crippen molar-refractivity contribution in [3.8, 4) is 17.2 Å². The van der Waals surface area contributed by atoms with Crippen LogP contribution in [0.4, 0.5) is 0 Å². The Kier molecular flexibility index (Phi) is 5.92. The first kappa shape index (κ1) is 18.0. The molecule has 0 aliphatic rings. The molecular weight excluding hydrogens is 344 g/mol. The summed E-state index contributed by atoms with van der Waals surface area (Å²) in [7, 11) is 0. The zero-order valence-electron chi connectivity index (χ0n) is 14.6. The lowest BCUT2D eigenvalue weighted by molar-refractivity contribution is 0.573. The predicted molar refractivity (Wildman–Crippen MR) is 104 cm³/mol. The van der Waals surface area contributed by atoms with E-state index in [4.69, 9.17) is 0 Å². The van der Waals surface area contributed by atoms with Crippen LogP contribution in [-0.2, 0) is 12.3 Å². The first-order chi connectivity index (χ1) is 12.7. The summed E-state index contributed by atoms with van der Waals surface area (Å²) in [5.41, 5.74) is 3.63. The monoisotopic (exact) mass is 364 g/mol. The van der Waals surface area contributed by atoms with E-state index >= 15 is 0 Å². The second-order valence-corrected chi connectivity index (χ2v) is 6.90. The van der Waals surface area contributed by atoms with Gasteiger partial charge in [0, 0.05) is 12.3 Å². The smallest absolute Gasteiger partial charge is 0.270 e. The van der Waals surface area contributed by atoms with Crippen molar-refractivity contribution in [1.82, 2.24) is 14.8 Å². The number of nitrogens with zero attached hydrogens (tertiary/aromatic N) is 3. The van der Waals surface area contributed by atoms with Gasteiger partial charge in [-0.05, 0) is 29.2 Å². The summed E-state index contributed by atoms with van der Waals surface area (Å²) in [5, 5.41) is 16.6. The number of thioether (sulfide) groups is 1. The molecule has 5 nitrogen and oxygen atoms in total. The van der Waals surface area contributed by atoms with Gasteiger partial charge in [-0.2, -0.15) is 5.26 Å². The van der Waals surface area contributed by atoms with Crippen molar-refractivity contribution in [1.29, 1.82) is 5.26 Å². The lowest BCUT2D eigenvalue weighted by Crippen LogP contribution is -2.17. The Morgan fingerprint density at radius 3 is 2.69 bits per heavy atom. The number of benzene rings is 2. The van der Waals surface area contributed by atoms with E-state index in [0.717, 1.165) is 40.4 Å². The maximum Gasteiger partial charge on any atom is 0.343 e. The molecule has 2 aromatic carbocycles. The molecule has 1 heterocycles. The number of aromatic amines is 1. The predicted octanol–water partition coefficient (Wildman–Crippen LogP) is 4.20. The topological polar surface area (TPSA) is 74.5 Å². The van der Waals surface area contributed by atoms with Crippen LogP contribution in [0.1, 0.15) is 30.9 Å². The van der Waals surface area contributed by atoms with Gasteiger partial charge in [0.05, 0.1) is 11.6 Å². The van der Waals surface area contributed by atoms with E-state index in [9.17, 15) is 10.1 Å². The standard InChI is InChI=1S/C20H20N4OS/c1-2-3-12-24-19(25)22-23-20(24)26-14-15-8-10-16(11-9-15)18-7-5-4-6-17(18)13-21/h4-11H,2-3,12,14H2,1H3,(H,22,25). The van der Waals surface area contributed by atoms with E-state index in [2.05, 4.69) is 35.3 Å². The van der Waals surface area contributed by atoms with Gasteiger partial charge in [0.15, 0.2) is 5.16 Å². The summed E-state index contributed by atoms with van der Waals surface area (Å²) in [4.78, 5) is 11.8. The fourth-order valence-corrected chi connectivity index (χ4v) is 3.62. The number of aromatic nitrogens is 3. The van der Waals surface area contributed by atoms with Crippen LogP contribution < -0.4 is 5.69 Å². The summed E-state index contributed by atoms with van der Waals surface area (Å²) in [6, 6.07) is 18.0. The van der Waals surface area contributed by atoms with Crippen molar-refractivity contribution in [3.63, 3.8) is 0 Å². The summed E-state index contributed by atoms with van der Waals surface area (Å²) in [6.07, 6.45) is 1.99. The fourth-order valence-electron chi connectivity index (χ4n) is 2.69. The molecule has 0 saturated carbocycles. The Labute approximate surface area is 156 Å². The van der Waals surface area contributed by atoms with Crippen molar-refractivity contribution >= 4 is 11.8 Å². The highest BCUT2D eigenvalue weighted by Crippen LogP contribution is 2.25. The molecule has 132 valence electrons. The third kappa shape index (κ3) is 4.06. The largest absolute Gasteiger partial charge is 0.343 e. The Morgan fingerprint density at radius 2 is 1.96 bits per heavy atom. The molecule has 0 saturated heterocycles. The molecule has 0 amide bonds. The van der Waals surface area contributed by atoms with Gasteiger partial charge in [-0.3, -0.25) is 4.57 Å². The summed E-state index contributed by atoms with van der Waals surface area (Å²) in [5.74, 6) is 0.733. The van der Waals surface area contributed by atoms with Crippen LogP contribution in [0.25, 0.3) is 11.1 Å². The van der Waals surface area contributed by atoms with Gasteiger partial charge in [-0.1, -0.05) is 67.6 Å². The molecule has 1 aromatic heterocycles. The van der Waals surface area contributed by atoms with Crippen LogP contribution in [0.15, 0.2) is 58.5 Å². The molecule has 0 radical (unpaired) electrons. The zero-order chi connectivity index (χ0) is 18.4. The quantitative estimate of drug-likeness (QED) is 0.638. The lowest BCUT2D eigenvalue weighted by atomic mass is 10.00. The molecule has 6 heteroatoms. The molecule has 3 rings (SSSR count). The van der Waals surface area contributed by atoms with E-state index in [-0.39, 0.29) is 5.69 Å². The number of unbranched alkanes of at least 4 members (excludes halogenated alkanes) is 1. The van der Waals surface area contributed by atoms with Crippen LogP contribution >= 0.6 is 11.8 Å². The minimum atomic E-state index is -0.149. The van der Waals surface area contributed by atoms with Gasteiger partial charge in [-0.15, -0.1) is 5.10 Å². The maximum atomic E-state index is 11.8. The van der Waals surface area contributed by atoms with Crippen molar-refractivity contribution in [2.24, 2.45) is 0 Å². The molecule has 0 atom stereocenters. The van der Waals surface area contributed by atoms with Crippen LogP contribution in [0.5, 0.6) is 0 Å². The molecule has 0 unspecified atom stereocenters. The highest BCUT2D eigenvalue weighted by Gasteiger charge is 2.09. The van der Waals surface area contributed by atoms with E-state index in [0.29, 0.717) is 12.1 Å². The Bertz CT molecular complexity index is 966. The summed E-state index contributed by atoms with van der Waals surface area (Å²) < 4.78 is 1.70. The van der Waals surface area contributed by atoms with Gasteiger partial charge < -0.3 is 0 Å². The fraction of sp³-hybridized carbons (Fsp3) is 0.250. The van der Waals surface area contributed by atoms with Crippen LogP contribution in [-0.4, -0.2) is 14.8 Å². The Hall–Kier alpha value is -2.78. The van der Waals surface area contributed by atoms with Crippen LogP contribution in [0.2, 0.25) is 0 Å². The zero-order valence-corrected chi connectivity index (χ0v) is 15.4. The number of hydrogen-bond donors (Lipinski definition) is 1. The van der Waals surface area contributed by atoms with Crippen LogP contribution in [0.3, 0.4) is 0 Å². The normalized spacial score (nSPS) is 10.6. The van der Waals surface area contributed by atoms with E-state index in [1.807, 2.05) is 36.4 Å². The number of rotatable bonds is 7. The third-order valence-electron chi connectivity index (χ3n) is 4.14. The minimum absolute atomic E-state index is 0.149. The number of hydrogen-bond acceptors (Lipinski definition) is 4. The molecule has 26 heavy (non-hydrogen) atoms. The Morgan fingerprint density at radius 1 is 1.19 bits per heavy atom. The molecule has 0 bridgehead atoms. The van der Waals surface area contributed by atoms with Crippen molar-refractivity contribution in [2.75, 3.05) is 0 Å². The molecule has 0 aliphatic carbocycles. The second-order valence-electron chi connectivity index (χ2n) is 5.96. The van der Waals surface area contributed by atoms with E-state index in [1.165, 1.54) is 0 Å². The van der Waals surface area contributed by atoms with Gasteiger partial charge in [0.1, 0.15) is 0 Å². The minimum Gasteiger partial charge on any atom is -0.270 e. The first-order valence-electron chi connectivity index (χ1n) is 8.59. The molecule has 0 fully saturated rings. The molecular formula is C20H20N4OS. The van der Waals surface area contributed by atoms with Gasteiger partial charge in [0.25, 0.3) is 0 Å². The summed E-state index contributed by atoms with van der Waals surface area (Å²) in [6.45, 7) is 2.79. The van der Waals surface area contributed by atoms with Gasteiger partial charge >= 0.3 is 5.69 Å². The lowest BCUT2D eigenvalue weighted by Gasteiger charge is -2.07. The molecule has 0 aliphatic heterocycles. The number of H-pyrrole nitrogens is 1. The maximum absolute atomic E-state index is 11.8. The van der Waals surface area contributed by atoms with Gasteiger partial charge in [-0.25, -0.2) is 9.89 Å². The second kappa shape index (κ2) is 8.54. The average molecular weight is 364 g/mol. The molecule has 1 N–H and O–H groups in total. The van der Waals surface area contributed by atoms with E-state index < -0.39 is 0 Å². The van der Waals surface area contributed by atoms with Crippen molar-refractivity contribution in [3.05, 3.63) is 70.1 Å².